The number of rotatable bonds is 11. The Kier molecular flexibility index (Phi) is 8.99. The highest BCUT2D eigenvalue weighted by molar-refractivity contribution is 6.62. The molecule has 1 unspecified atom stereocenters. The Bertz CT molecular complexity index is 982. The number of nitrogens with one attached hydrogen (secondary N) is 1. The van der Waals surface area contributed by atoms with Crippen LogP contribution in [0.2, 0.25) is 0 Å². The summed E-state index contributed by atoms with van der Waals surface area (Å²) < 4.78 is 25.0. The molecule has 3 rings (SSSR count). The van der Waals surface area contributed by atoms with Gasteiger partial charge in [0.2, 0.25) is 0 Å². The van der Waals surface area contributed by atoms with Crippen molar-refractivity contribution in [1.82, 2.24) is 9.80 Å². The highest BCUT2D eigenvalue weighted by Gasteiger charge is 2.51. The topological polar surface area (TPSA) is 55.4 Å². The van der Waals surface area contributed by atoms with Gasteiger partial charge in [-0.3, -0.25) is 0 Å². The molecule has 1 saturated heterocycles. The Morgan fingerprint density at radius 2 is 1.47 bits per heavy atom. The molecule has 0 spiro atoms. The van der Waals surface area contributed by atoms with Crippen molar-refractivity contribution in [3.8, 4) is 11.5 Å². The Morgan fingerprint density at radius 3 is 2.08 bits per heavy atom. The van der Waals surface area contributed by atoms with Crippen molar-refractivity contribution in [2.24, 2.45) is 0 Å². The van der Waals surface area contributed by atoms with E-state index in [0.29, 0.717) is 12.6 Å². The molecule has 2 aromatic carbocycles. The van der Waals surface area contributed by atoms with Crippen LogP contribution in [0.4, 0.5) is 5.69 Å². The largest absolute Gasteiger partial charge is 0.494 e. The van der Waals surface area contributed by atoms with E-state index in [1.54, 1.807) is 0 Å². The maximum Gasteiger partial charge on any atom is 0.494 e. The molecule has 0 bridgehead atoms. The van der Waals surface area contributed by atoms with Crippen LogP contribution >= 0.6 is 0 Å². The van der Waals surface area contributed by atoms with E-state index in [1.165, 1.54) is 0 Å². The molecule has 8 heteroatoms. The first-order valence-electron chi connectivity index (χ1n) is 12.7. The molecule has 198 valence electrons. The third-order valence-electron chi connectivity index (χ3n) is 7.41. The van der Waals surface area contributed by atoms with E-state index in [-0.39, 0.29) is 12.3 Å². The molecule has 1 aliphatic rings. The van der Waals surface area contributed by atoms with Crippen molar-refractivity contribution in [2.75, 3.05) is 40.1 Å². The van der Waals surface area contributed by atoms with E-state index in [9.17, 15) is 0 Å². The van der Waals surface area contributed by atoms with Gasteiger partial charge in [0.15, 0.2) is 6.23 Å². The first kappa shape index (κ1) is 28.3. The monoisotopic (exact) mass is 497 g/mol. The highest BCUT2D eigenvalue weighted by atomic mass is 16.7. The Hall–Kier alpha value is -2.26. The van der Waals surface area contributed by atoms with Gasteiger partial charge in [0.1, 0.15) is 18.1 Å². The molecule has 1 heterocycles. The predicted octanol–water partition coefficient (Wildman–Crippen LogP) is 4.08. The van der Waals surface area contributed by atoms with Crippen molar-refractivity contribution < 1.29 is 18.8 Å². The minimum absolute atomic E-state index is 0.0869. The quantitative estimate of drug-likeness (QED) is 0.371. The van der Waals surface area contributed by atoms with Crippen LogP contribution in [-0.4, -0.2) is 81.2 Å². The zero-order valence-electron chi connectivity index (χ0n) is 23.7. The van der Waals surface area contributed by atoms with Crippen LogP contribution in [0.15, 0.2) is 48.5 Å². The number of nitrogens with zero attached hydrogens (tertiary/aromatic N) is 2. The zero-order valence-corrected chi connectivity index (χ0v) is 23.7. The molecule has 3 atom stereocenters. The lowest BCUT2D eigenvalue weighted by atomic mass is 9.79. The fourth-order valence-electron chi connectivity index (χ4n) is 3.59. The Balaban J connectivity index is 1.75. The van der Waals surface area contributed by atoms with Gasteiger partial charge in [-0.05, 0) is 99.5 Å². The summed E-state index contributed by atoms with van der Waals surface area (Å²) in [5, 5.41) is 3.56. The molecular weight excluding hydrogens is 453 g/mol. The second-order valence-corrected chi connectivity index (χ2v) is 11.2. The summed E-state index contributed by atoms with van der Waals surface area (Å²) in [7, 11) is 7.77. The molecule has 2 aromatic rings. The van der Waals surface area contributed by atoms with Crippen LogP contribution in [0.5, 0.6) is 11.5 Å². The van der Waals surface area contributed by atoms with Crippen LogP contribution in [-0.2, 0) is 9.31 Å². The number of hydrogen-bond acceptors (Lipinski definition) is 7. The lowest BCUT2D eigenvalue weighted by Gasteiger charge is -2.32. The molecular formula is C28H44BN3O4. The van der Waals surface area contributed by atoms with Gasteiger partial charge in [-0.1, -0.05) is 18.2 Å². The second-order valence-electron chi connectivity index (χ2n) is 11.2. The van der Waals surface area contributed by atoms with Crippen LogP contribution in [0.25, 0.3) is 0 Å². The average molecular weight is 497 g/mol. The molecule has 1 aliphatic heterocycles. The van der Waals surface area contributed by atoms with Crippen molar-refractivity contribution >= 4 is 18.3 Å². The van der Waals surface area contributed by atoms with E-state index in [1.807, 2.05) is 62.6 Å². The van der Waals surface area contributed by atoms with Gasteiger partial charge in [0, 0.05) is 17.8 Å². The van der Waals surface area contributed by atoms with E-state index in [2.05, 4.69) is 70.8 Å². The second kappa shape index (κ2) is 11.4. The Labute approximate surface area is 218 Å². The van der Waals surface area contributed by atoms with Crippen LogP contribution in [0.1, 0.15) is 41.5 Å². The fourth-order valence-corrected chi connectivity index (χ4v) is 3.59. The molecule has 1 fully saturated rings. The van der Waals surface area contributed by atoms with Gasteiger partial charge < -0.3 is 33.9 Å². The molecule has 0 radical (unpaired) electrons. The zero-order chi connectivity index (χ0) is 26.7. The number of benzene rings is 2. The van der Waals surface area contributed by atoms with Crippen molar-refractivity contribution in [1.29, 1.82) is 0 Å². The minimum atomic E-state index is -0.436. The SMILES string of the molecule is C[C@H](COc1cccc(NC(Oc2cccc(B3OC(C)(C)C(C)(C)O3)c2)[C@@H](C)N(C)C)c1)N(C)C. The smallest absolute Gasteiger partial charge is 0.492 e. The molecule has 0 aliphatic carbocycles. The maximum atomic E-state index is 6.50. The van der Waals surface area contributed by atoms with Gasteiger partial charge in [-0.15, -0.1) is 0 Å². The normalized spacial score (nSPS) is 19.3. The summed E-state index contributed by atoms with van der Waals surface area (Å²) in [6.45, 7) is 13.1. The van der Waals surface area contributed by atoms with E-state index >= 15 is 0 Å². The minimum Gasteiger partial charge on any atom is -0.492 e. The third kappa shape index (κ3) is 6.94. The molecule has 0 amide bonds. The summed E-state index contributed by atoms with van der Waals surface area (Å²) in [4.78, 5) is 4.28. The van der Waals surface area contributed by atoms with Gasteiger partial charge in [0.05, 0.1) is 17.2 Å². The third-order valence-corrected chi connectivity index (χ3v) is 7.41. The summed E-state index contributed by atoms with van der Waals surface area (Å²) in [6, 6.07) is 16.4. The average Bonchev–Trinajstić information content (AvgIpc) is 3.03. The fraction of sp³-hybridized carbons (Fsp3) is 0.571. The van der Waals surface area contributed by atoms with Crippen LogP contribution in [0.3, 0.4) is 0 Å². The lowest BCUT2D eigenvalue weighted by Crippen LogP contribution is -2.45. The van der Waals surface area contributed by atoms with Gasteiger partial charge >= 0.3 is 7.12 Å². The predicted molar refractivity (Wildman–Crippen MR) is 148 cm³/mol. The lowest BCUT2D eigenvalue weighted by molar-refractivity contribution is 0.00578. The number of hydrogen-bond donors (Lipinski definition) is 1. The summed E-state index contributed by atoms with van der Waals surface area (Å²) in [6.07, 6.45) is -0.301. The number of anilines is 1. The first-order chi connectivity index (χ1) is 16.8. The Morgan fingerprint density at radius 1 is 0.861 bits per heavy atom. The standard InChI is InChI=1S/C28H44BN3O4/c1-20(31(7)8)19-33-24-15-12-14-23(18-24)30-26(21(2)32(9)10)34-25-16-11-13-22(17-25)29-35-27(3,4)28(5,6)36-29/h11-18,20-21,26,30H,19H2,1-10H3/t20-,21-,26?/m1/s1. The summed E-state index contributed by atoms with van der Waals surface area (Å²) >= 11 is 0. The van der Waals surface area contributed by atoms with E-state index < -0.39 is 18.3 Å². The van der Waals surface area contributed by atoms with Gasteiger partial charge in [-0.2, -0.15) is 0 Å². The van der Waals surface area contributed by atoms with Gasteiger partial charge in [0.25, 0.3) is 0 Å². The first-order valence-corrected chi connectivity index (χ1v) is 12.7. The maximum absolute atomic E-state index is 6.50. The summed E-state index contributed by atoms with van der Waals surface area (Å²) in [5.41, 5.74) is 1.09. The summed E-state index contributed by atoms with van der Waals surface area (Å²) in [5.74, 6) is 1.58. The molecule has 7 nitrogen and oxygen atoms in total. The van der Waals surface area contributed by atoms with Crippen molar-refractivity contribution in [3.05, 3.63) is 48.5 Å². The van der Waals surface area contributed by atoms with Crippen LogP contribution < -0.4 is 20.3 Å². The highest BCUT2D eigenvalue weighted by Crippen LogP contribution is 2.36. The van der Waals surface area contributed by atoms with E-state index in [0.717, 1.165) is 22.6 Å². The van der Waals surface area contributed by atoms with Crippen molar-refractivity contribution in [3.63, 3.8) is 0 Å². The van der Waals surface area contributed by atoms with Crippen LogP contribution in [0, 0.1) is 0 Å². The van der Waals surface area contributed by atoms with Gasteiger partial charge in [-0.25, -0.2) is 0 Å². The molecule has 0 saturated carbocycles. The number of likely N-dealkylation sites (N-methyl/N-ethyl adjacent to an activating group) is 2. The molecule has 0 aromatic heterocycles. The molecule has 1 N–H and O–H groups in total. The number of ether oxygens (including phenoxy) is 2. The van der Waals surface area contributed by atoms with E-state index in [4.69, 9.17) is 18.8 Å². The molecule has 36 heavy (non-hydrogen) atoms. The van der Waals surface area contributed by atoms with Crippen molar-refractivity contribution in [2.45, 2.75) is 71.1 Å².